The summed E-state index contributed by atoms with van der Waals surface area (Å²) in [7, 11) is 1.40. The number of esters is 1. The standard InChI is InChI=1S/C18H23NO3/c1-3-9-19-10-8-18(17(19)21)7-6-13-4-5-14(16(20)22-2)11-15(13)12-18/h4-5,11H,3,6-10,12H2,1-2H3/t18-/m1/s1. The van der Waals surface area contributed by atoms with Crippen molar-refractivity contribution >= 4 is 11.9 Å². The summed E-state index contributed by atoms with van der Waals surface area (Å²) in [4.78, 5) is 26.5. The summed E-state index contributed by atoms with van der Waals surface area (Å²) >= 11 is 0. The molecule has 0 unspecified atom stereocenters. The molecule has 4 heteroatoms. The topological polar surface area (TPSA) is 46.6 Å². The molecule has 1 aliphatic carbocycles. The van der Waals surface area contributed by atoms with Crippen LogP contribution in [-0.4, -0.2) is 37.0 Å². The van der Waals surface area contributed by atoms with E-state index in [1.807, 2.05) is 23.1 Å². The Balaban J connectivity index is 1.87. The van der Waals surface area contributed by atoms with E-state index in [1.54, 1.807) is 0 Å². The Morgan fingerprint density at radius 1 is 1.32 bits per heavy atom. The maximum atomic E-state index is 12.8. The zero-order valence-corrected chi connectivity index (χ0v) is 13.4. The van der Waals surface area contributed by atoms with Crippen LogP contribution < -0.4 is 0 Å². The summed E-state index contributed by atoms with van der Waals surface area (Å²) in [6.07, 6.45) is 4.55. The first-order chi connectivity index (χ1) is 10.6. The van der Waals surface area contributed by atoms with E-state index in [2.05, 4.69) is 6.92 Å². The van der Waals surface area contributed by atoms with Gasteiger partial charge in [0.15, 0.2) is 0 Å². The molecule has 1 fully saturated rings. The molecule has 4 nitrogen and oxygen atoms in total. The summed E-state index contributed by atoms with van der Waals surface area (Å²) < 4.78 is 4.80. The molecule has 1 spiro atoms. The van der Waals surface area contributed by atoms with Crippen molar-refractivity contribution in [1.29, 1.82) is 0 Å². The number of carbonyl (C=O) groups is 2. The predicted octanol–water partition coefficient (Wildman–Crippen LogP) is 2.59. The van der Waals surface area contributed by atoms with Crippen molar-refractivity contribution < 1.29 is 14.3 Å². The second-order valence-corrected chi connectivity index (χ2v) is 6.47. The number of rotatable bonds is 3. The molecule has 1 atom stereocenters. The molecule has 0 saturated carbocycles. The third kappa shape index (κ3) is 2.40. The van der Waals surface area contributed by atoms with Gasteiger partial charge in [0, 0.05) is 13.1 Å². The summed E-state index contributed by atoms with van der Waals surface area (Å²) in [5.41, 5.74) is 2.74. The van der Waals surface area contributed by atoms with Crippen LogP contribution in [0.5, 0.6) is 0 Å². The lowest BCUT2D eigenvalue weighted by Crippen LogP contribution is -2.39. The minimum Gasteiger partial charge on any atom is -0.465 e. The lowest BCUT2D eigenvalue weighted by molar-refractivity contribution is -0.136. The van der Waals surface area contributed by atoms with Crippen molar-refractivity contribution in [3.05, 3.63) is 34.9 Å². The van der Waals surface area contributed by atoms with Crippen LogP contribution in [0, 0.1) is 5.41 Å². The largest absolute Gasteiger partial charge is 0.465 e. The minimum atomic E-state index is -0.312. The quantitative estimate of drug-likeness (QED) is 0.806. The first-order valence-electron chi connectivity index (χ1n) is 8.09. The van der Waals surface area contributed by atoms with Crippen LogP contribution in [0.3, 0.4) is 0 Å². The highest BCUT2D eigenvalue weighted by Gasteiger charge is 2.47. The third-order valence-electron chi connectivity index (χ3n) is 5.12. The van der Waals surface area contributed by atoms with Crippen molar-refractivity contribution in [3.8, 4) is 0 Å². The first kappa shape index (κ1) is 15.1. The van der Waals surface area contributed by atoms with Crippen LogP contribution in [0.15, 0.2) is 18.2 Å². The molecule has 3 rings (SSSR count). The van der Waals surface area contributed by atoms with Gasteiger partial charge in [-0.25, -0.2) is 4.79 Å². The molecule has 1 heterocycles. The fourth-order valence-corrected chi connectivity index (χ4v) is 3.88. The van der Waals surface area contributed by atoms with E-state index in [0.717, 1.165) is 50.8 Å². The third-order valence-corrected chi connectivity index (χ3v) is 5.12. The molecule has 0 radical (unpaired) electrons. The van der Waals surface area contributed by atoms with Crippen molar-refractivity contribution in [2.24, 2.45) is 5.41 Å². The zero-order valence-electron chi connectivity index (χ0n) is 13.4. The fourth-order valence-electron chi connectivity index (χ4n) is 3.88. The average molecular weight is 301 g/mol. The van der Waals surface area contributed by atoms with Gasteiger partial charge in [-0.2, -0.15) is 0 Å². The van der Waals surface area contributed by atoms with Gasteiger partial charge in [-0.05, 0) is 55.4 Å². The zero-order chi connectivity index (χ0) is 15.7. The molecule has 1 saturated heterocycles. The fraction of sp³-hybridized carbons (Fsp3) is 0.556. The lowest BCUT2D eigenvalue weighted by Gasteiger charge is -2.33. The van der Waals surface area contributed by atoms with E-state index in [9.17, 15) is 9.59 Å². The van der Waals surface area contributed by atoms with Gasteiger partial charge in [0.05, 0.1) is 18.1 Å². The van der Waals surface area contributed by atoms with E-state index in [-0.39, 0.29) is 11.4 Å². The van der Waals surface area contributed by atoms with Gasteiger partial charge in [-0.1, -0.05) is 13.0 Å². The number of benzene rings is 1. The SMILES string of the molecule is CCCN1CC[C@@]2(CCc3ccc(C(=O)OC)cc3C2)C1=O. The van der Waals surface area contributed by atoms with Gasteiger partial charge in [0.25, 0.3) is 0 Å². The molecule has 1 aromatic rings. The Morgan fingerprint density at radius 3 is 2.86 bits per heavy atom. The molecule has 0 aromatic heterocycles. The minimum absolute atomic E-state index is 0.239. The smallest absolute Gasteiger partial charge is 0.337 e. The number of amides is 1. The molecule has 22 heavy (non-hydrogen) atoms. The molecular formula is C18H23NO3. The highest BCUT2D eigenvalue weighted by atomic mass is 16.5. The van der Waals surface area contributed by atoms with E-state index in [0.29, 0.717) is 11.5 Å². The molecule has 2 aliphatic rings. The Labute approximate surface area is 131 Å². The van der Waals surface area contributed by atoms with Crippen LogP contribution in [0.1, 0.15) is 47.7 Å². The molecular weight excluding hydrogens is 278 g/mol. The van der Waals surface area contributed by atoms with Crippen LogP contribution in [-0.2, 0) is 22.4 Å². The number of carbonyl (C=O) groups excluding carboxylic acids is 2. The molecule has 1 amide bonds. The van der Waals surface area contributed by atoms with Gasteiger partial charge in [0.2, 0.25) is 5.91 Å². The normalized spacial score (nSPS) is 23.7. The van der Waals surface area contributed by atoms with Crippen molar-refractivity contribution in [2.45, 2.75) is 39.0 Å². The molecule has 0 bridgehead atoms. The van der Waals surface area contributed by atoms with Crippen LogP contribution >= 0.6 is 0 Å². The van der Waals surface area contributed by atoms with E-state index in [4.69, 9.17) is 4.74 Å². The highest BCUT2D eigenvalue weighted by Crippen LogP contribution is 2.43. The monoisotopic (exact) mass is 301 g/mol. The van der Waals surface area contributed by atoms with Crippen LogP contribution in [0.25, 0.3) is 0 Å². The van der Waals surface area contributed by atoms with E-state index < -0.39 is 0 Å². The van der Waals surface area contributed by atoms with Gasteiger partial charge in [-0.3, -0.25) is 4.79 Å². The maximum Gasteiger partial charge on any atom is 0.337 e. The number of methoxy groups -OCH3 is 1. The maximum absolute atomic E-state index is 12.8. The Bertz CT molecular complexity index is 610. The lowest BCUT2D eigenvalue weighted by atomic mass is 9.70. The predicted molar refractivity (Wildman–Crippen MR) is 83.7 cm³/mol. The van der Waals surface area contributed by atoms with Gasteiger partial charge in [-0.15, -0.1) is 0 Å². The molecule has 118 valence electrons. The van der Waals surface area contributed by atoms with E-state index in [1.165, 1.54) is 12.7 Å². The number of hydrogen-bond acceptors (Lipinski definition) is 3. The highest BCUT2D eigenvalue weighted by molar-refractivity contribution is 5.90. The van der Waals surface area contributed by atoms with Gasteiger partial charge < -0.3 is 9.64 Å². The number of ether oxygens (including phenoxy) is 1. The number of aryl methyl sites for hydroxylation is 1. The Hall–Kier alpha value is -1.84. The van der Waals surface area contributed by atoms with Crippen LogP contribution in [0.2, 0.25) is 0 Å². The van der Waals surface area contributed by atoms with Crippen molar-refractivity contribution in [2.75, 3.05) is 20.2 Å². The Morgan fingerprint density at radius 2 is 2.14 bits per heavy atom. The van der Waals surface area contributed by atoms with Crippen LogP contribution in [0.4, 0.5) is 0 Å². The number of nitrogens with zero attached hydrogens (tertiary/aromatic N) is 1. The van der Waals surface area contributed by atoms with Crippen molar-refractivity contribution in [3.63, 3.8) is 0 Å². The second-order valence-electron chi connectivity index (χ2n) is 6.47. The summed E-state index contributed by atoms with van der Waals surface area (Å²) in [5.74, 6) is -0.00347. The number of fused-ring (bicyclic) bond motifs is 1. The van der Waals surface area contributed by atoms with Crippen molar-refractivity contribution in [1.82, 2.24) is 4.90 Å². The van der Waals surface area contributed by atoms with E-state index >= 15 is 0 Å². The van der Waals surface area contributed by atoms with Gasteiger partial charge >= 0.3 is 5.97 Å². The summed E-state index contributed by atoms with van der Waals surface area (Å²) in [6.45, 7) is 3.84. The number of likely N-dealkylation sites (tertiary alicyclic amines) is 1. The second kappa shape index (κ2) is 5.75. The number of hydrogen-bond donors (Lipinski definition) is 0. The molecule has 1 aliphatic heterocycles. The van der Waals surface area contributed by atoms with Gasteiger partial charge in [0.1, 0.15) is 0 Å². The average Bonchev–Trinajstić information content (AvgIpc) is 2.83. The summed E-state index contributed by atoms with van der Waals surface area (Å²) in [5, 5.41) is 0. The Kier molecular flexibility index (Phi) is 3.94. The first-order valence-corrected chi connectivity index (χ1v) is 8.09. The molecule has 0 N–H and O–H groups in total. The molecule has 1 aromatic carbocycles. The summed E-state index contributed by atoms with van der Waals surface area (Å²) in [6, 6.07) is 5.75.